The molecule has 19 heavy (non-hydrogen) atoms. The maximum absolute atomic E-state index is 12.1. The number of anilines is 1. The zero-order chi connectivity index (χ0) is 14.5. The van der Waals surface area contributed by atoms with Gasteiger partial charge < -0.3 is 10.4 Å². The molecule has 106 valence electrons. The third kappa shape index (κ3) is 5.60. The van der Waals surface area contributed by atoms with Crippen LogP contribution in [0.5, 0.6) is 0 Å². The molecule has 1 rings (SSSR count). The fourth-order valence-corrected chi connectivity index (χ4v) is 1.58. The molecule has 3 N–H and O–H groups in total. The van der Waals surface area contributed by atoms with Crippen molar-refractivity contribution in [2.75, 3.05) is 18.9 Å². The van der Waals surface area contributed by atoms with Crippen LogP contribution in [0.3, 0.4) is 0 Å². The second kappa shape index (κ2) is 6.42. The molecule has 0 amide bonds. The van der Waals surface area contributed by atoms with E-state index < -0.39 is 24.7 Å². The van der Waals surface area contributed by atoms with E-state index in [1.54, 1.807) is 31.3 Å². The fourth-order valence-electron chi connectivity index (χ4n) is 1.58. The van der Waals surface area contributed by atoms with Gasteiger partial charge in [0.1, 0.15) is 6.04 Å². The third-order valence-corrected chi connectivity index (χ3v) is 2.50. The summed E-state index contributed by atoms with van der Waals surface area (Å²) in [7, 11) is 1.70. The number of hydrogen-bond acceptors (Lipinski definition) is 3. The van der Waals surface area contributed by atoms with Crippen LogP contribution in [0.4, 0.5) is 18.9 Å². The highest BCUT2D eigenvalue weighted by Crippen LogP contribution is 2.15. The molecule has 1 atom stereocenters. The summed E-state index contributed by atoms with van der Waals surface area (Å²) < 4.78 is 36.2. The van der Waals surface area contributed by atoms with E-state index in [1.807, 2.05) is 5.32 Å². The summed E-state index contributed by atoms with van der Waals surface area (Å²) in [5.74, 6) is -1.31. The summed E-state index contributed by atoms with van der Waals surface area (Å²) in [5.41, 5.74) is 1.42. The Morgan fingerprint density at radius 2 is 2.11 bits per heavy atom. The number of halogens is 3. The Morgan fingerprint density at radius 3 is 2.63 bits per heavy atom. The summed E-state index contributed by atoms with van der Waals surface area (Å²) in [6, 6.07) is 5.59. The van der Waals surface area contributed by atoms with E-state index in [4.69, 9.17) is 5.11 Å². The molecule has 0 fully saturated rings. The Kier molecular flexibility index (Phi) is 5.17. The number of alkyl halides is 3. The van der Waals surface area contributed by atoms with Gasteiger partial charge in [-0.3, -0.25) is 10.1 Å². The molecule has 4 nitrogen and oxygen atoms in total. The summed E-state index contributed by atoms with van der Waals surface area (Å²) >= 11 is 0. The molecule has 0 saturated heterocycles. The van der Waals surface area contributed by atoms with Crippen molar-refractivity contribution >= 4 is 11.7 Å². The lowest BCUT2D eigenvalue weighted by atomic mass is 10.1. The van der Waals surface area contributed by atoms with Crippen molar-refractivity contribution in [2.45, 2.75) is 18.6 Å². The van der Waals surface area contributed by atoms with Crippen molar-refractivity contribution in [3.8, 4) is 0 Å². The maximum Gasteiger partial charge on any atom is 0.401 e. The highest BCUT2D eigenvalue weighted by Gasteiger charge is 2.30. The van der Waals surface area contributed by atoms with Crippen molar-refractivity contribution in [3.63, 3.8) is 0 Å². The molecule has 1 aromatic carbocycles. The Morgan fingerprint density at radius 1 is 1.42 bits per heavy atom. The van der Waals surface area contributed by atoms with Crippen LogP contribution in [0.25, 0.3) is 0 Å². The Bertz CT molecular complexity index is 435. The van der Waals surface area contributed by atoms with Gasteiger partial charge in [-0.2, -0.15) is 13.2 Å². The standard InChI is InChI=1S/C12H15F3N2O2/c1-16-9-4-2-3-8(5-9)6-10(11(18)19)17-7-12(13,14)15/h2-5,10,16-17H,6-7H2,1H3,(H,18,19)/t10-/m1/s1. The predicted molar refractivity (Wildman–Crippen MR) is 65.2 cm³/mol. The molecule has 7 heteroatoms. The molecule has 1 aromatic rings. The zero-order valence-electron chi connectivity index (χ0n) is 10.3. The second-order valence-corrected chi connectivity index (χ2v) is 4.04. The van der Waals surface area contributed by atoms with Crippen LogP contribution in [0, 0.1) is 0 Å². The van der Waals surface area contributed by atoms with Gasteiger partial charge in [-0.25, -0.2) is 0 Å². The largest absolute Gasteiger partial charge is 0.480 e. The molecule has 0 radical (unpaired) electrons. The summed E-state index contributed by atoms with van der Waals surface area (Å²) in [6.07, 6.45) is -4.44. The minimum Gasteiger partial charge on any atom is -0.480 e. The van der Waals surface area contributed by atoms with Crippen molar-refractivity contribution in [1.82, 2.24) is 5.32 Å². The lowest BCUT2D eigenvalue weighted by Crippen LogP contribution is -2.43. The van der Waals surface area contributed by atoms with Crippen molar-refractivity contribution in [2.24, 2.45) is 0 Å². The van der Waals surface area contributed by atoms with Gasteiger partial charge in [-0.05, 0) is 24.1 Å². The number of aliphatic carboxylic acids is 1. The predicted octanol–water partition coefficient (Wildman–Crippen LogP) is 1.88. The van der Waals surface area contributed by atoms with E-state index in [2.05, 4.69) is 5.32 Å². The van der Waals surface area contributed by atoms with Crippen LogP contribution < -0.4 is 10.6 Å². The first kappa shape index (κ1) is 15.3. The van der Waals surface area contributed by atoms with Gasteiger partial charge in [0.2, 0.25) is 0 Å². The van der Waals surface area contributed by atoms with E-state index in [0.29, 0.717) is 5.56 Å². The lowest BCUT2D eigenvalue weighted by molar-refractivity contribution is -0.143. The van der Waals surface area contributed by atoms with Crippen LogP contribution in [0.1, 0.15) is 5.56 Å². The maximum atomic E-state index is 12.1. The molecule has 0 saturated carbocycles. The van der Waals surface area contributed by atoms with Crippen LogP contribution in [-0.2, 0) is 11.2 Å². The molecule has 0 aliphatic heterocycles. The van der Waals surface area contributed by atoms with Gasteiger partial charge in [-0.1, -0.05) is 12.1 Å². The van der Waals surface area contributed by atoms with Crippen molar-refractivity contribution in [3.05, 3.63) is 29.8 Å². The number of benzene rings is 1. The number of carbonyl (C=O) groups is 1. The van der Waals surface area contributed by atoms with Crippen molar-refractivity contribution in [1.29, 1.82) is 0 Å². The molecule has 0 aromatic heterocycles. The summed E-state index contributed by atoms with van der Waals surface area (Å²) in [6.45, 7) is -1.32. The van der Waals surface area contributed by atoms with E-state index in [-0.39, 0.29) is 6.42 Å². The van der Waals surface area contributed by atoms with E-state index in [1.165, 1.54) is 0 Å². The quantitative estimate of drug-likeness (QED) is 0.742. The average molecular weight is 276 g/mol. The van der Waals surface area contributed by atoms with Crippen molar-refractivity contribution < 1.29 is 23.1 Å². The van der Waals surface area contributed by atoms with Gasteiger partial charge in [0.25, 0.3) is 0 Å². The van der Waals surface area contributed by atoms with E-state index in [0.717, 1.165) is 5.69 Å². The van der Waals surface area contributed by atoms with Crippen LogP contribution in [0.15, 0.2) is 24.3 Å². The van der Waals surface area contributed by atoms with Gasteiger partial charge in [0.15, 0.2) is 0 Å². The van der Waals surface area contributed by atoms with Gasteiger partial charge in [0, 0.05) is 12.7 Å². The first-order valence-corrected chi connectivity index (χ1v) is 5.61. The topological polar surface area (TPSA) is 61.4 Å². The van der Waals surface area contributed by atoms with Crippen LogP contribution >= 0.6 is 0 Å². The average Bonchev–Trinajstić information content (AvgIpc) is 2.33. The van der Waals surface area contributed by atoms with E-state index >= 15 is 0 Å². The number of nitrogens with one attached hydrogen (secondary N) is 2. The molecular weight excluding hydrogens is 261 g/mol. The number of hydrogen-bond donors (Lipinski definition) is 3. The minimum absolute atomic E-state index is 0.0130. The number of carboxylic acid groups (broad SMARTS) is 1. The molecule has 0 heterocycles. The molecular formula is C12H15F3N2O2. The fraction of sp³-hybridized carbons (Fsp3) is 0.417. The van der Waals surface area contributed by atoms with Gasteiger partial charge in [-0.15, -0.1) is 0 Å². The summed E-state index contributed by atoms with van der Waals surface area (Å²) in [4.78, 5) is 10.9. The molecule has 0 aliphatic carbocycles. The number of rotatable bonds is 6. The van der Waals surface area contributed by atoms with Crippen LogP contribution in [-0.4, -0.2) is 36.9 Å². The smallest absolute Gasteiger partial charge is 0.401 e. The monoisotopic (exact) mass is 276 g/mol. The summed E-state index contributed by atoms with van der Waals surface area (Å²) in [5, 5.41) is 13.8. The first-order chi connectivity index (χ1) is 8.81. The minimum atomic E-state index is -4.43. The number of carboxylic acids is 1. The third-order valence-electron chi connectivity index (χ3n) is 2.50. The Hall–Kier alpha value is -1.76. The molecule has 0 unspecified atom stereocenters. The van der Waals surface area contributed by atoms with Gasteiger partial charge >= 0.3 is 12.1 Å². The molecule has 0 aliphatic rings. The highest BCUT2D eigenvalue weighted by molar-refractivity contribution is 5.74. The lowest BCUT2D eigenvalue weighted by Gasteiger charge is -2.16. The molecule has 0 bridgehead atoms. The first-order valence-electron chi connectivity index (χ1n) is 5.61. The van der Waals surface area contributed by atoms with Crippen LogP contribution in [0.2, 0.25) is 0 Å². The van der Waals surface area contributed by atoms with Gasteiger partial charge in [0.05, 0.1) is 6.54 Å². The highest BCUT2D eigenvalue weighted by atomic mass is 19.4. The SMILES string of the molecule is CNc1cccc(C[C@@H](NCC(F)(F)F)C(=O)O)c1. The Labute approximate surface area is 108 Å². The Balaban J connectivity index is 2.70. The zero-order valence-corrected chi connectivity index (χ0v) is 10.3. The molecule has 0 spiro atoms. The van der Waals surface area contributed by atoms with E-state index in [9.17, 15) is 18.0 Å². The normalized spacial score (nSPS) is 13.1. The second-order valence-electron chi connectivity index (χ2n) is 4.04.